The van der Waals surface area contributed by atoms with Gasteiger partial charge in [0.25, 0.3) is 0 Å². The maximum atomic E-state index is 14.0. The topological polar surface area (TPSA) is 73.0 Å². The zero-order valence-corrected chi connectivity index (χ0v) is 17.0. The van der Waals surface area contributed by atoms with Crippen LogP contribution in [0.15, 0.2) is 60.9 Å². The quantitative estimate of drug-likeness (QED) is 0.391. The molecule has 156 valence electrons. The third kappa shape index (κ3) is 3.80. The summed E-state index contributed by atoms with van der Waals surface area (Å²) in [6, 6.07) is 12.1. The maximum Gasteiger partial charge on any atom is 0.323 e. The minimum absolute atomic E-state index is 0.0289. The Hall–Kier alpha value is -3.58. The number of hydrogen-bond acceptors (Lipinski definition) is 3. The van der Waals surface area contributed by atoms with Crippen LogP contribution in [-0.4, -0.2) is 22.5 Å². The number of benzene rings is 2. The number of anilines is 3. The second-order valence-electron chi connectivity index (χ2n) is 7.12. The fourth-order valence-corrected chi connectivity index (χ4v) is 3.91. The number of nitrogens with one attached hydrogen (secondary N) is 3. The average molecular weight is 438 g/mol. The summed E-state index contributed by atoms with van der Waals surface area (Å²) in [5.41, 5.74) is 3.13. The summed E-state index contributed by atoms with van der Waals surface area (Å²) in [4.78, 5) is 21.5. The Balaban J connectivity index is 1.42. The molecule has 3 heterocycles. The molecule has 1 aliphatic rings. The molecule has 6 nitrogen and oxygen atoms in total. The van der Waals surface area contributed by atoms with Gasteiger partial charge in [0.05, 0.1) is 8.43 Å². The number of pyridine rings is 1. The van der Waals surface area contributed by atoms with Gasteiger partial charge < -0.3 is 20.5 Å². The number of halogens is 2. The largest absolute Gasteiger partial charge is 0.367 e. The first-order valence-corrected chi connectivity index (χ1v) is 10.1. The summed E-state index contributed by atoms with van der Waals surface area (Å²) in [7, 11) is 0. The molecule has 31 heavy (non-hydrogen) atoms. The third-order valence-corrected chi connectivity index (χ3v) is 5.40. The second-order valence-corrected chi connectivity index (χ2v) is 7.55. The molecular formula is C23H19ClFN5O. The van der Waals surface area contributed by atoms with Gasteiger partial charge in [0.2, 0.25) is 0 Å². The number of rotatable bonds is 4. The monoisotopic (exact) mass is 437 g/mol. The van der Waals surface area contributed by atoms with Crippen molar-refractivity contribution in [3.63, 3.8) is 0 Å². The van der Waals surface area contributed by atoms with Crippen LogP contribution in [0.4, 0.5) is 26.2 Å². The highest BCUT2D eigenvalue weighted by atomic mass is 35.5. The molecular weight excluding hydrogens is 417 g/mol. The summed E-state index contributed by atoms with van der Waals surface area (Å²) in [5.74, 6) is -0.597. The lowest BCUT2D eigenvalue weighted by atomic mass is 10.1. The lowest BCUT2D eigenvalue weighted by Gasteiger charge is -2.20. The number of amides is 2. The molecule has 0 saturated carbocycles. The van der Waals surface area contributed by atoms with E-state index >= 15 is 0 Å². The number of fused-ring (bicyclic) bond motifs is 2. The minimum Gasteiger partial charge on any atom is -0.367 e. The first-order chi connectivity index (χ1) is 15.8. The Labute approximate surface area is 185 Å². The molecule has 0 aliphatic carbocycles. The van der Waals surface area contributed by atoms with E-state index in [1.807, 2.05) is 12.1 Å². The standard InChI is InChI=1S/C23H19ClFN5O/c24-15-4-5-18(25)20(12-15)29-23(31)28-19-2-1-3-21-17(19)8-11-30(21)13-14-6-9-26-22-16(14)7-10-27-22/h1-7,9-10,12H,8,11,13H2,(H,26,27)(H2,28,29,31)/i13D2. The Morgan fingerprint density at radius 1 is 1.23 bits per heavy atom. The van der Waals surface area contributed by atoms with Gasteiger partial charge in [-0.1, -0.05) is 17.7 Å². The molecule has 2 aromatic carbocycles. The molecule has 0 fully saturated rings. The fraction of sp³-hybridized carbons (Fsp3) is 0.130. The van der Waals surface area contributed by atoms with Crippen LogP contribution in [0.2, 0.25) is 5.02 Å². The molecule has 2 amide bonds. The van der Waals surface area contributed by atoms with Gasteiger partial charge in [-0.05, 0) is 54.4 Å². The number of H-pyrrole nitrogens is 1. The molecule has 0 bridgehead atoms. The molecule has 1 aliphatic heterocycles. The lowest BCUT2D eigenvalue weighted by molar-refractivity contribution is 0.262. The van der Waals surface area contributed by atoms with E-state index in [2.05, 4.69) is 20.6 Å². The van der Waals surface area contributed by atoms with Gasteiger partial charge in [-0.25, -0.2) is 14.2 Å². The molecule has 3 N–H and O–H groups in total. The maximum absolute atomic E-state index is 14.0. The molecule has 0 unspecified atom stereocenters. The average Bonchev–Trinajstić information content (AvgIpc) is 3.44. The third-order valence-electron chi connectivity index (χ3n) is 5.17. The predicted octanol–water partition coefficient (Wildman–Crippen LogP) is 5.56. The van der Waals surface area contributed by atoms with E-state index < -0.39 is 18.3 Å². The number of aromatic amines is 1. The van der Waals surface area contributed by atoms with E-state index in [0.29, 0.717) is 46.0 Å². The summed E-state index contributed by atoms with van der Waals surface area (Å²) >= 11 is 5.89. The van der Waals surface area contributed by atoms with Crippen molar-refractivity contribution in [1.82, 2.24) is 9.97 Å². The summed E-state index contributed by atoms with van der Waals surface area (Å²) in [5, 5.41) is 6.24. The number of hydrogen-bond donors (Lipinski definition) is 3. The number of aromatic nitrogens is 2. The van der Waals surface area contributed by atoms with Crippen molar-refractivity contribution in [2.24, 2.45) is 0 Å². The predicted molar refractivity (Wildman–Crippen MR) is 121 cm³/mol. The molecule has 0 radical (unpaired) electrons. The smallest absolute Gasteiger partial charge is 0.323 e. The number of carbonyl (C=O) groups excluding carboxylic acids is 1. The summed E-state index contributed by atoms with van der Waals surface area (Å²) < 4.78 is 31.8. The van der Waals surface area contributed by atoms with E-state index in [-0.39, 0.29) is 5.69 Å². The normalized spacial score (nSPS) is 14.2. The van der Waals surface area contributed by atoms with Crippen LogP contribution >= 0.6 is 11.6 Å². The van der Waals surface area contributed by atoms with Crippen LogP contribution in [-0.2, 0) is 12.9 Å². The Kier molecular flexibility index (Phi) is 4.38. The van der Waals surface area contributed by atoms with Gasteiger partial charge in [-0.2, -0.15) is 0 Å². The Morgan fingerprint density at radius 3 is 3.00 bits per heavy atom. The SMILES string of the molecule is [2H]C([2H])(c1ccnc2[nH]ccc12)N1CCc2c(NC(=O)Nc3cc(Cl)ccc3F)cccc21. The first kappa shape index (κ1) is 17.1. The molecule has 4 aromatic rings. The van der Waals surface area contributed by atoms with Crippen molar-refractivity contribution >= 4 is 45.7 Å². The molecule has 0 saturated heterocycles. The van der Waals surface area contributed by atoms with Crippen LogP contribution in [0.3, 0.4) is 0 Å². The highest BCUT2D eigenvalue weighted by Gasteiger charge is 2.23. The van der Waals surface area contributed by atoms with Crippen molar-refractivity contribution in [3.05, 3.63) is 82.9 Å². The number of urea groups is 1. The van der Waals surface area contributed by atoms with E-state index in [4.69, 9.17) is 14.3 Å². The van der Waals surface area contributed by atoms with Crippen molar-refractivity contribution in [3.8, 4) is 0 Å². The molecule has 0 atom stereocenters. The van der Waals surface area contributed by atoms with Crippen molar-refractivity contribution in [2.45, 2.75) is 12.9 Å². The van der Waals surface area contributed by atoms with Gasteiger partial charge in [0.1, 0.15) is 11.5 Å². The highest BCUT2D eigenvalue weighted by molar-refractivity contribution is 6.30. The second kappa shape index (κ2) is 7.92. The number of nitrogens with zero attached hydrogens (tertiary/aromatic N) is 2. The molecule has 0 spiro atoms. The zero-order chi connectivity index (χ0) is 23.2. The van der Waals surface area contributed by atoms with Crippen LogP contribution in [0.25, 0.3) is 11.0 Å². The Bertz CT molecular complexity index is 1380. The number of carbonyl (C=O) groups is 1. The van der Waals surface area contributed by atoms with Crippen LogP contribution < -0.4 is 15.5 Å². The van der Waals surface area contributed by atoms with E-state index in [0.717, 1.165) is 5.56 Å². The lowest BCUT2D eigenvalue weighted by Crippen LogP contribution is -2.21. The van der Waals surface area contributed by atoms with Crippen molar-refractivity contribution in [2.75, 3.05) is 22.1 Å². The van der Waals surface area contributed by atoms with Gasteiger partial charge in [-0.15, -0.1) is 0 Å². The summed E-state index contributed by atoms with van der Waals surface area (Å²) in [6.45, 7) is -1.38. The van der Waals surface area contributed by atoms with E-state index in [1.54, 1.807) is 35.5 Å². The van der Waals surface area contributed by atoms with Crippen LogP contribution in [0.1, 0.15) is 13.9 Å². The molecule has 5 rings (SSSR count). The Morgan fingerprint density at radius 2 is 2.10 bits per heavy atom. The van der Waals surface area contributed by atoms with Gasteiger partial charge in [0.15, 0.2) is 0 Å². The minimum atomic E-state index is -1.81. The first-order valence-electron chi connectivity index (χ1n) is 10.7. The molecule has 2 aromatic heterocycles. The van der Waals surface area contributed by atoms with Crippen molar-refractivity contribution < 1.29 is 11.9 Å². The molecule has 8 heteroatoms. The van der Waals surface area contributed by atoms with E-state index in [1.165, 1.54) is 18.2 Å². The van der Waals surface area contributed by atoms with Gasteiger partial charge in [0, 0.05) is 52.8 Å². The van der Waals surface area contributed by atoms with Crippen molar-refractivity contribution in [1.29, 1.82) is 0 Å². The highest BCUT2D eigenvalue weighted by Crippen LogP contribution is 2.35. The van der Waals surface area contributed by atoms with E-state index in [9.17, 15) is 9.18 Å². The zero-order valence-electron chi connectivity index (χ0n) is 18.2. The van der Waals surface area contributed by atoms with Crippen LogP contribution in [0, 0.1) is 5.82 Å². The fourth-order valence-electron chi connectivity index (χ4n) is 3.74. The van der Waals surface area contributed by atoms with Gasteiger partial charge in [-0.3, -0.25) is 0 Å². The van der Waals surface area contributed by atoms with Crippen LogP contribution in [0.5, 0.6) is 0 Å². The van der Waals surface area contributed by atoms with Gasteiger partial charge >= 0.3 is 6.03 Å². The summed E-state index contributed by atoms with van der Waals surface area (Å²) in [6.07, 6.45) is 3.86.